The van der Waals surface area contributed by atoms with E-state index in [9.17, 15) is 9.90 Å². The third kappa shape index (κ3) is 5.31. The van der Waals surface area contributed by atoms with Crippen LogP contribution >= 0.6 is 0 Å². The van der Waals surface area contributed by atoms with Gasteiger partial charge in [0.05, 0.1) is 6.54 Å². The van der Waals surface area contributed by atoms with Crippen molar-refractivity contribution >= 4 is 5.97 Å². The van der Waals surface area contributed by atoms with E-state index in [0.29, 0.717) is 6.54 Å². The SMILES string of the molecule is CN1CCN(CC#CC(=O)[O-])CC1.[Li+]. The number of rotatable bonds is 1. The largest absolute Gasteiger partial charge is 1.00 e. The molecule has 0 N–H and O–H groups in total. The zero-order valence-corrected chi connectivity index (χ0v) is 8.75. The fraction of sp³-hybridized carbons (Fsp3) is 0.667. The smallest absolute Gasteiger partial charge is 0.537 e. The van der Waals surface area contributed by atoms with E-state index < -0.39 is 5.97 Å². The fourth-order valence-electron chi connectivity index (χ4n) is 1.23. The minimum Gasteiger partial charge on any atom is -0.537 e. The van der Waals surface area contributed by atoms with E-state index in [-0.39, 0.29) is 18.9 Å². The number of carboxylic acids is 1. The van der Waals surface area contributed by atoms with Crippen LogP contribution < -0.4 is 24.0 Å². The molecule has 0 atom stereocenters. The van der Waals surface area contributed by atoms with Gasteiger partial charge in [0.2, 0.25) is 0 Å². The molecule has 0 aromatic rings. The molecule has 0 unspecified atom stereocenters. The Balaban J connectivity index is 0.00000169. The molecule has 0 aromatic carbocycles. The van der Waals surface area contributed by atoms with Crippen LogP contribution in [0.1, 0.15) is 0 Å². The van der Waals surface area contributed by atoms with Crippen molar-refractivity contribution in [1.82, 2.24) is 9.80 Å². The molecule has 4 nitrogen and oxygen atoms in total. The van der Waals surface area contributed by atoms with Gasteiger partial charge >= 0.3 is 18.9 Å². The van der Waals surface area contributed by atoms with Crippen molar-refractivity contribution in [3.63, 3.8) is 0 Å². The van der Waals surface area contributed by atoms with Crippen LogP contribution in [-0.4, -0.2) is 55.5 Å². The Morgan fingerprint density at radius 1 is 1.36 bits per heavy atom. The van der Waals surface area contributed by atoms with Gasteiger partial charge in [-0.15, -0.1) is 0 Å². The summed E-state index contributed by atoms with van der Waals surface area (Å²) < 4.78 is 0. The minimum atomic E-state index is -1.30. The summed E-state index contributed by atoms with van der Waals surface area (Å²) in [6, 6.07) is 0. The van der Waals surface area contributed by atoms with E-state index >= 15 is 0 Å². The van der Waals surface area contributed by atoms with Gasteiger partial charge in [-0.1, -0.05) is 5.92 Å². The van der Waals surface area contributed by atoms with Crippen LogP contribution in [0.2, 0.25) is 0 Å². The first-order chi connectivity index (χ1) is 6.18. The van der Waals surface area contributed by atoms with Crippen LogP contribution in [0.5, 0.6) is 0 Å². The quantitative estimate of drug-likeness (QED) is 0.305. The summed E-state index contributed by atoms with van der Waals surface area (Å²) in [6.07, 6.45) is 0. The summed E-state index contributed by atoms with van der Waals surface area (Å²) in [5, 5.41) is 9.98. The normalized spacial score (nSPS) is 17.8. The zero-order chi connectivity index (χ0) is 9.68. The molecule has 0 spiro atoms. The van der Waals surface area contributed by atoms with Crippen LogP contribution in [0.3, 0.4) is 0 Å². The van der Waals surface area contributed by atoms with Gasteiger partial charge < -0.3 is 14.8 Å². The summed E-state index contributed by atoms with van der Waals surface area (Å²) in [5.41, 5.74) is 0. The number of likely N-dealkylation sites (N-methyl/N-ethyl adjacent to an activating group) is 1. The molecule has 0 bridgehead atoms. The summed E-state index contributed by atoms with van der Waals surface area (Å²) in [4.78, 5) is 14.4. The van der Waals surface area contributed by atoms with Crippen LogP contribution in [-0.2, 0) is 4.79 Å². The molecule has 0 aliphatic carbocycles. The number of hydrogen-bond acceptors (Lipinski definition) is 4. The van der Waals surface area contributed by atoms with Crippen molar-refractivity contribution in [1.29, 1.82) is 0 Å². The third-order valence-corrected chi connectivity index (χ3v) is 2.09. The Labute approximate surface area is 96.4 Å². The minimum absolute atomic E-state index is 0. The van der Waals surface area contributed by atoms with Crippen molar-refractivity contribution in [2.75, 3.05) is 39.8 Å². The molecular formula is C9H13LiN2O2. The number of aliphatic carboxylic acids is 1. The van der Waals surface area contributed by atoms with Gasteiger partial charge in [-0.3, -0.25) is 4.90 Å². The monoisotopic (exact) mass is 188 g/mol. The van der Waals surface area contributed by atoms with Gasteiger partial charge in [-0.25, -0.2) is 0 Å². The molecule has 1 saturated heterocycles. The number of carboxylic acid groups (broad SMARTS) is 1. The van der Waals surface area contributed by atoms with Gasteiger partial charge in [-0.2, -0.15) is 0 Å². The topological polar surface area (TPSA) is 46.6 Å². The third-order valence-electron chi connectivity index (χ3n) is 2.09. The van der Waals surface area contributed by atoms with E-state index in [0.717, 1.165) is 26.2 Å². The van der Waals surface area contributed by atoms with Crippen LogP contribution in [0.15, 0.2) is 0 Å². The molecular weight excluding hydrogens is 175 g/mol. The molecule has 0 amide bonds. The number of hydrogen-bond donors (Lipinski definition) is 0. The predicted octanol–water partition coefficient (Wildman–Crippen LogP) is -5.01. The molecule has 72 valence electrons. The molecule has 0 radical (unpaired) electrons. The average molecular weight is 188 g/mol. The predicted molar refractivity (Wildman–Crippen MR) is 46.7 cm³/mol. The van der Waals surface area contributed by atoms with Crippen molar-refractivity contribution in [2.45, 2.75) is 0 Å². The molecule has 1 aliphatic heterocycles. The van der Waals surface area contributed by atoms with E-state index in [1.807, 2.05) is 5.92 Å². The van der Waals surface area contributed by atoms with Crippen molar-refractivity contribution in [2.24, 2.45) is 0 Å². The molecule has 1 fully saturated rings. The number of carbonyl (C=O) groups excluding carboxylic acids is 1. The molecule has 1 aliphatic rings. The standard InChI is InChI=1S/C9H14N2O2.Li/c1-10-5-7-11(8-6-10)4-2-3-9(12)13;/h4-8H2,1H3,(H,12,13);/q;+1/p-1. The molecule has 1 rings (SSSR count). The Morgan fingerprint density at radius 3 is 2.43 bits per heavy atom. The second-order valence-electron chi connectivity index (χ2n) is 3.17. The maximum atomic E-state index is 9.98. The van der Waals surface area contributed by atoms with Gasteiger partial charge in [0.25, 0.3) is 0 Å². The van der Waals surface area contributed by atoms with E-state index in [2.05, 4.69) is 22.8 Å². The Kier molecular flexibility index (Phi) is 6.70. The maximum absolute atomic E-state index is 9.98. The Bertz CT molecular complexity index is 239. The summed E-state index contributed by atoms with van der Waals surface area (Å²) in [6.45, 7) is 4.48. The number of carbonyl (C=O) groups is 1. The van der Waals surface area contributed by atoms with Gasteiger partial charge in [0.1, 0.15) is 5.97 Å². The van der Waals surface area contributed by atoms with E-state index in [1.165, 1.54) is 0 Å². The van der Waals surface area contributed by atoms with Gasteiger partial charge in [-0.05, 0) is 13.0 Å². The molecule has 1 heterocycles. The maximum Gasteiger partial charge on any atom is 1.00 e. The summed E-state index contributed by atoms with van der Waals surface area (Å²) in [5.74, 6) is 3.27. The molecule has 14 heavy (non-hydrogen) atoms. The van der Waals surface area contributed by atoms with Crippen LogP contribution in [0.4, 0.5) is 0 Å². The second kappa shape index (κ2) is 6.92. The Morgan fingerprint density at radius 2 is 1.93 bits per heavy atom. The Hall–Kier alpha value is -0.453. The van der Waals surface area contributed by atoms with Gasteiger partial charge in [0, 0.05) is 26.2 Å². The summed E-state index contributed by atoms with van der Waals surface area (Å²) >= 11 is 0. The van der Waals surface area contributed by atoms with Crippen molar-refractivity contribution in [3.8, 4) is 11.8 Å². The first-order valence-electron chi connectivity index (χ1n) is 4.29. The first kappa shape index (κ1) is 13.5. The summed E-state index contributed by atoms with van der Waals surface area (Å²) in [7, 11) is 2.07. The zero-order valence-electron chi connectivity index (χ0n) is 8.75. The fourth-order valence-corrected chi connectivity index (χ4v) is 1.23. The van der Waals surface area contributed by atoms with Gasteiger partial charge in [0.15, 0.2) is 0 Å². The van der Waals surface area contributed by atoms with Crippen LogP contribution in [0.25, 0.3) is 0 Å². The number of piperazine rings is 1. The van der Waals surface area contributed by atoms with Crippen LogP contribution in [0, 0.1) is 11.8 Å². The average Bonchev–Trinajstić information content (AvgIpc) is 2.08. The molecule has 0 saturated carbocycles. The van der Waals surface area contributed by atoms with Crippen molar-refractivity contribution in [3.05, 3.63) is 0 Å². The second-order valence-corrected chi connectivity index (χ2v) is 3.17. The molecule has 5 heteroatoms. The number of nitrogens with zero attached hydrogens (tertiary/aromatic N) is 2. The first-order valence-corrected chi connectivity index (χ1v) is 4.29. The van der Waals surface area contributed by atoms with E-state index in [1.54, 1.807) is 0 Å². The van der Waals surface area contributed by atoms with E-state index in [4.69, 9.17) is 0 Å². The molecule has 0 aromatic heterocycles. The van der Waals surface area contributed by atoms with Crippen molar-refractivity contribution < 1.29 is 28.8 Å².